The van der Waals surface area contributed by atoms with Crippen LogP contribution in [0.3, 0.4) is 0 Å². The lowest BCUT2D eigenvalue weighted by Gasteiger charge is -2.34. The number of guanidine groups is 1. The highest BCUT2D eigenvalue weighted by Crippen LogP contribution is 2.21. The van der Waals surface area contributed by atoms with Crippen LogP contribution in [0.2, 0.25) is 0 Å². The highest BCUT2D eigenvalue weighted by Gasteiger charge is 2.22. The summed E-state index contributed by atoms with van der Waals surface area (Å²) in [6.45, 7) is 12.1. The Hall–Kier alpha value is -0.470. The first-order valence-corrected chi connectivity index (χ1v) is 11.3. The molecule has 23 heavy (non-hydrogen) atoms. The minimum Gasteiger partial charge on any atom is -0.357 e. The first kappa shape index (κ1) is 20.6. The van der Waals surface area contributed by atoms with E-state index in [0.29, 0.717) is 24.9 Å². The normalized spacial score (nSPS) is 20.1. The van der Waals surface area contributed by atoms with Crippen LogP contribution in [0.1, 0.15) is 34.1 Å². The highest BCUT2D eigenvalue weighted by molar-refractivity contribution is 8.00. The standard InChI is InChI=1S/C15H32N4O2S2/c1-5-14-13-18(10-11-22-14)15(16-6-2)17-9-12-23(20,21)19(7-3)8-4/h14H,5-13H2,1-4H3,(H,16,17). The molecule has 1 N–H and O–H groups in total. The third-order valence-electron chi connectivity index (χ3n) is 3.94. The van der Waals surface area contributed by atoms with Crippen molar-refractivity contribution < 1.29 is 8.42 Å². The Balaban J connectivity index is 2.68. The van der Waals surface area contributed by atoms with Crippen molar-refractivity contribution in [3.63, 3.8) is 0 Å². The molecule has 0 amide bonds. The second-order valence-corrected chi connectivity index (χ2v) is 8.98. The number of hydrogen-bond donors (Lipinski definition) is 1. The van der Waals surface area contributed by atoms with Crippen LogP contribution in [0.5, 0.6) is 0 Å². The zero-order valence-corrected chi connectivity index (χ0v) is 16.5. The summed E-state index contributed by atoms with van der Waals surface area (Å²) in [4.78, 5) is 6.82. The van der Waals surface area contributed by atoms with Gasteiger partial charge in [-0.3, -0.25) is 4.99 Å². The van der Waals surface area contributed by atoms with Gasteiger partial charge in [-0.15, -0.1) is 0 Å². The molecule has 0 saturated carbocycles. The molecule has 1 unspecified atom stereocenters. The van der Waals surface area contributed by atoms with E-state index in [2.05, 4.69) is 22.1 Å². The van der Waals surface area contributed by atoms with E-state index < -0.39 is 10.0 Å². The Bertz CT molecular complexity index is 464. The van der Waals surface area contributed by atoms with E-state index in [1.54, 1.807) is 0 Å². The molecule has 6 nitrogen and oxygen atoms in total. The van der Waals surface area contributed by atoms with E-state index >= 15 is 0 Å². The Morgan fingerprint density at radius 1 is 1.30 bits per heavy atom. The maximum atomic E-state index is 12.2. The first-order chi connectivity index (χ1) is 11.0. The third-order valence-corrected chi connectivity index (χ3v) is 7.31. The summed E-state index contributed by atoms with van der Waals surface area (Å²) in [5.41, 5.74) is 0. The molecule has 0 aromatic carbocycles. The molecule has 8 heteroatoms. The van der Waals surface area contributed by atoms with Crippen LogP contribution in [0.25, 0.3) is 0 Å². The molecular formula is C15H32N4O2S2. The van der Waals surface area contributed by atoms with E-state index in [1.165, 1.54) is 4.31 Å². The number of sulfonamides is 1. The lowest BCUT2D eigenvalue weighted by molar-refractivity contribution is 0.408. The number of thioether (sulfide) groups is 1. The van der Waals surface area contributed by atoms with Crippen molar-refractivity contribution in [2.45, 2.75) is 39.4 Å². The van der Waals surface area contributed by atoms with Gasteiger partial charge in [0, 0.05) is 43.7 Å². The van der Waals surface area contributed by atoms with Gasteiger partial charge in [-0.2, -0.15) is 11.8 Å². The molecule has 0 aromatic rings. The van der Waals surface area contributed by atoms with Crippen LogP contribution >= 0.6 is 11.8 Å². The molecule has 0 spiro atoms. The molecule has 0 radical (unpaired) electrons. The SMILES string of the molecule is CCNC(=NCCS(=O)(=O)N(CC)CC)N1CCSC(CC)C1. The van der Waals surface area contributed by atoms with Gasteiger partial charge in [-0.05, 0) is 13.3 Å². The molecule has 0 bridgehead atoms. The highest BCUT2D eigenvalue weighted by atomic mass is 32.2. The summed E-state index contributed by atoms with van der Waals surface area (Å²) >= 11 is 2.01. The second kappa shape index (κ2) is 10.4. The number of hydrogen-bond acceptors (Lipinski definition) is 4. The first-order valence-electron chi connectivity index (χ1n) is 8.61. The molecule has 1 aliphatic heterocycles. The van der Waals surface area contributed by atoms with E-state index in [4.69, 9.17) is 0 Å². The number of nitrogens with one attached hydrogen (secondary N) is 1. The van der Waals surface area contributed by atoms with Gasteiger partial charge in [0.05, 0.1) is 12.3 Å². The van der Waals surface area contributed by atoms with Crippen LogP contribution in [0, 0.1) is 0 Å². The maximum absolute atomic E-state index is 12.2. The van der Waals surface area contributed by atoms with Gasteiger partial charge in [-0.1, -0.05) is 20.8 Å². The summed E-state index contributed by atoms with van der Waals surface area (Å²) in [6, 6.07) is 0. The summed E-state index contributed by atoms with van der Waals surface area (Å²) in [6.07, 6.45) is 1.15. The van der Waals surface area contributed by atoms with E-state index in [-0.39, 0.29) is 5.75 Å². The summed E-state index contributed by atoms with van der Waals surface area (Å²) in [7, 11) is -3.20. The zero-order chi connectivity index (χ0) is 17.3. The van der Waals surface area contributed by atoms with Crippen LogP contribution in [0.15, 0.2) is 4.99 Å². The molecule has 1 saturated heterocycles. The van der Waals surface area contributed by atoms with Crippen LogP contribution in [-0.4, -0.2) is 79.6 Å². The Morgan fingerprint density at radius 3 is 2.57 bits per heavy atom. The van der Waals surface area contributed by atoms with Crippen molar-refractivity contribution in [2.24, 2.45) is 4.99 Å². The van der Waals surface area contributed by atoms with Crippen molar-refractivity contribution in [1.82, 2.24) is 14.5 Å². The molecule has 1 rings (SSSR count). The van der Waals surface area contributed by atoms with Crippen molar-refractivity contribution in [3.8, 4) is 0 Å². The van der Waals surface area contributed by atoms with Gasteiger partial charge in [-0.25, -0.2) is 12.7 Å². The zero-order valence-electron chi connectivity index (χ0n) is 14.9. The lowest BCUT2D eigenvalue weighted by Crippen LogP contribution is -2.48. The monoisotopic (exact) mass is 364 g/mol. The van der Waals surface area contributed by atoms with Gasteiger partial charge in [0.1, 0.15) is 0 Å². The topological polar surface area (TPSA) is 65.0 Å². The van der Waals surface area contributed by atoms with Gasteiger partial charge in [0.25, 0.3) is 0 Å². The Morgan fingerprint density at radius 2 is 2.00 bits per heavy atom. The predicted molar refractivity (Wildman–Crippen MR) is 101 cm³/mol. The number of rotatable bonds is 8. The minimum absolute atomic E-state index is 0.0728. The molecule has 1 aliphatic rings. The molecule has 1 atom stereocenters. The van der Waals surface area contributed by atoms with Crippen molar-refractivity contribution in [3.05, 3.63) is 0 Å². The molecule has 136 valence electrons. The fourth-order valence-electron chi connectivity index (χ4n) is 2.60. The summed E-state index contributed by atoms with van der Waals surface area (Å²) in [5, 5.41) is 3.93. The van der Waals surface area contributed by atoms with Gasteiger partial charge in [0.2, 0.25) is 10.0 Å². The average molecular weight is 365 g/mol. The number of nitrogens with zero attached hydrogens (tertiary/aromatic N) is 3. The fraction of sp³-hybridized carbons (Fsp3) is 0.933. The maximum Gasteiger partial charge on any atom is 0.215 e. The average Bonchev–Trinajstić information content (AvgIpc) is 2.55. The van der Waals surface area contributed by atoms with Crippen molar-refractivity contribution in [2.75, 3.05) is 50.8 Å². The number of aliphatic imine (C=N–C) groups is 1. The van der Waals surface area contributed by atoms with Crippen LogP contribution < -0.4 is 5.32 Å². The minimum atomic E-state index is -3.20. The molecule has 0 aromatic heterocycles. The summed E-state index contributed by atoms with van der Waals surface area (Å²) in [5.74, 6) is 2.02. The largest absolute Gasteiger partial charge is 0.357 e. The lowest BCUT2D eigenvalue weighted by atomic mass is 10.3. The van der Waals surface area contributed by atoms with Crippen LogP contribution in [-0.2, 0) is 10.0 Å². The van der Waals surface area contributed by atoms with Gasteiger partial charge >= 0.3 is 0 Å². The smallest absolute Gasteiger partial charge is 0.215 e. The molecule has 1 fully saturated rings. The van der Waals surface area contributed by atoms with Crippen LogP contribution in [0.4, 0.5) is 0 Å². The Labute approximate surface area is 146 Å². The van der Waals surface area contributed by atoms with Gasteiger partial charge in [0.15, 0.2) is 5.96 Å². The van der Waals surface area contributed by atoms with Gasteiger partial charge < -0.3 is 10.2 Å². The second-order valence-electron chi connectivity index (χ2n) is 5.48. The van der Waals surface area contributed by atoms with E-state index in [0.717, 1.165) is 37.8 Å². The fourth-order valence-corrected chi connectivity index (χ4v) is 5.14. The van der Waals surface area contributed by atoms with Crippen molar-refractivity contribution in [1.29, 1.82) is 0 Å². The third kappa shape index (κ3) is 6.51. The van der Waals surface area contributed by atoms with E-state index in [9.17, 15) is 8.42 Å². The molecule has 0 aliphatic carbocycles. The van der Waals surface area contributed by atoms with E-state index in [1.807, 2.05) is 32.5 Å². The molecular weight excluding hydrogens is 332 g/mol. The van der Waals surface area contributed by atoms with Crippen molar-refractivity contribution >= 4 is 27.7 Å². The molecule has 1 heterocycles. The predicted octanol–water partition coefficient (Wildman–Crippen LogP) is 1.45. The summed E-state index contributed by atoms with van der Waals surface area (Å²) < 4.78 is 26.0. The quantitative estimate of drug-likeness (QED) is 0.522. The Kier molecular flexibility index (Phi) is 9.31.